The fourth-order valence-electron chi connectivity index (χ4n) is 4.10. The molecule has 1 aliphatic heterocycles. The van der Waals surface area contributed by atoms with Crippen molar-refractivity contribution in [3.63, 3.8) is 0 Å². The Balaban J connectivity index is 1.51. The van der Waals surface area contributed by atoms with E-state index in [4.69, 9.17) is 0 Å². The average Bonchev–Trinajstić information content (AvgIpc) is 2.80. The number of sulfonamides is 1. The fourth-order valence-corrected chi connectivity index (χ4v) is 5.77. The normalized spacial score (nSPS) is 15.8. The van der Waals surface area contributed by atoms with E-state index in [1.165, 1.54) is 9.87 Å². The highest BCUT2D eigenvalue weighted by atomic mass is 32.2. The maximum Gasteiger partial charge on any atom is 0.227 e. The number of hydrogen-bond donors (Lipinski definition) is 1. The number of rotatable bonds is 9. The number of piperidine rings is 1. The molecule has 7 heteroatoms. The molecular weight excluding hydrogens is 422 g/mol. The molecule has 0 aliphatic carbocycles. The van der Waals surface area contributed by atoms with Gasteiger partial charge in [-0.05, 0) is 61.7 Å². The Morgan fingerprint density at radius 2 is 1.66 bits per heavy atom. The minimum atomic E-state index is -3.39. The minimum Gasteiger partial charge on any atom is -0.326 e. The van der Waals surface area contributed by atoms with Crippen molar-refractivity contribution in [3.8, 4) is 0 Å². The maximum absolute atomic E-state index is 12.8. The van der Waals surface area contributed by atoms with Gasteiger partial charge in [-0.25, -0.2) is 12.7 Å². The molecule has 6 nitrogen and oxygen atoms in total. The topological polar surface area (TPSA) is 69.7 Å². The minimum absolute atomic E-state index is 0.0103. The molecule has 1 N–H and O–H groups in total. The summed E-state index contributed by atoms with van der Waals surface area (Å²) >= 11 is 0. The van der Waals surface area contributed by atoms with E-state index in [0.717, 1.165) is 36.4 Å². The molecule has 0 atom stereocenters. The van der Waals surface area contributed by atoms with E-state index >= 15 is 0 Å². The van der Waals surface area contributed by atoms with Gasteiger partial charge < -0.3 is 5.32 Å². The smallest absolute Gasteiger partial charge is 0.227 e. The van der Waals surface area contributed by atoms with Crippen molar-refractivity contribution in [2.75, 3.05) is 31.5 Å². The number of anilines is 1. The summed E-state index contributed by atoms with van der Waals surface area (Å²) in [6.45, 7) is 9.91. The van der Waals surface area contributed by atoms with Crippen LogP contribution in [0.25, 0.3) is 0 Å². The molecule has 0 spiro atoms. The molecule has 1 aliphatic rings. The Bertz CT molecular complexity index is 993. The van der Waals surface area contributed by atoms with Crippen LogP contribution in [0.4, 0.5) is 5.69 Å². The zero-order valence-electron chi connectivity index (χ0n) is 19.4. The van der Waals surface area contributed by atoms with Crippen molar-refractivity contribution in [2.45, 2.75) is 45.9 Å². The van der Waals surface area contributed by atoms with Crippen molar-refractivity contribution in [3.05, 3.63) is 65.2 Å². The Morgan fingerprint density at radius 3 is 2.25 bits per heavy atom. The first kappa shape index (κ1) is 24.4. The van der Waals surface area contributed by atoms with Crippen LogP contribution in [0.15, 0.2) is 48.5 Å². The van der Waals surface area contributed by atoms with E-state index in [-0.39, 0.29) is 17.6 Å². The molecule has 0 unspecified atom stereocenters. The third kappa shape index (κ3) is 6.40. The van der Waals surface area contributed by atoms with Crippen molar-refractivity contribution in [1.82, 2.24) is 9.21 Å². The standard InChI is InChI=1S/C25H35N3O3S/c1-4-27(5-2)18-21-10-12-24(13-11-21)26-25(29)22-14-16-28(17-15-22)32(30,31)19-23-9-7-6-8-20(23)3/h6-13,22H,4-5,14-19H2,1-3H3,(H,26,29). The van der Waals surface area contributed by atoms with Crippen molar-refractivity contribution >= 4 is 21.6 Å². The number of hydrogen-bond acceptors (Lipinski definition) is 4. The molecule has 0 bridgehead atoms. The van der Waals surface area contributed by atoms with Crippen LogP contribution in [0, 0.1) is 12.8 Å². The van der Waals surface area contributed by atoms with Crippen molar-refractivity contribution in [1.29, 1.82) is 0 Å². The molecule has 1 fully saturated rings. The third-order valence-electron chi connectivity index (χ3n) is 6.34. The lowest BCUT2D eigenvalue weighted by Gasteiger charge is -2.30. The molecule has 3 rings (SSSR count). The van der Waals surface area contributed by atoms with E-state index in [1.54, 1.807) is 0 Å². The van der Waals surface area contributed by atoms with Crippen LogP contribution in [0.2, 0.25) is 0 Å². The summed E-state index contributed by atoms with van der Waals surface area (Å²) in [4.78, 5) is 15.1. The fraction of sp³-hybridized carbons (Fsp3) is 0.480. The van der Waals surface area contributed by atoms with E-state index in [1.807, 2.05) is 43.3 Å². The molecule has 32 heavy (non-hydrogen) atoms. The number of aryl methyl sites for hydroxylation is 1. The summed E-state index contributed by atoms with van der Waals surface area (Å²) in [5.74, 6) is -0.191. The summed E-state index contributed by atoms with van der Waals surface area (Å²) in [5, 5.41) is 3.00. The maximum atomic E-state index is 12.8. The van der Waals surface area contributed by atoms with Gasteiger partial charge in [-0.3, -0.25) is 9.69 Å². The highest BCUT2D eigenvalue weighted by molar-refractivity contribution is 7.88. The molecule has 0 saturated carbocycles. The van der Waals surface area contributed by atoms with Crippen molar-refractivity contribution in [2.24, 2.45) is 5.92 Å². The van der Waals surface area contributed by atoms with Gasteiger partial charge in [-0.1, -0.05) is 50.2 Å². The number of carbonyl (C=O) groups is 1. The number of benzene rings is 2. The van der Waals surface area contributed by atoms with E-state index in [0.29, 0.717) is 25.9 Å². The van der Waals surface area contributed by atoms with Crippen LogP contribution in [-0.2, 0) is 27.1 Å². The molecule has 1 amide bonds. The zero-order chi connectivity index (χ0) is 23.1. The van der Waals surface area contributed by atoms with Gasteiger partial charge in [-0.15, -0.1) is 0 Å². The molecular formula is C25H35N3O3S. The number of nitrogens with one attached hydrogen (secondary N) is 1. The summed E-state index contributed by atoms with van der Waals surface area (Å²) in [5.41, 5.74) is 3.82. The lowest BCUT2D eigenvalue weighted by atomic mass is 9.97. The Hall–Kier alpha value is -2.22. The average molecular weight is 458 g/mol. The van der Waals surface area contributed by atoms with Gasteiger partial charge in [0.15, 0.2) is 0 Å². The van der Waals surface area contributed by atoms with Crippen molar-refractivity contribution < 1.29 is 13.2 Å². The second kappa shape index (κ2) is 11.1. The van der Waals surface area contributed by atoms with Gasteiger partial charge >= 0.3 is 0 Å². The van der Waals surface area contributed by atoms with Crippen LogP contribution < -0.4 is 5.32 Å². The predicted octanol–water partition coefficient (Wildman–Crippen LogP) is 4.02. The Morgan fingerprint density at radius 1 is 1.03 bits per heavy atom. The Labute approximate surface area is 192 Å². The monoisotopic (exact) mass is 457 g/mol. The summed E-state index contributed by atoms with van der Waals surface area (Å²) in [6, 6.07) is 15.6. The lowest BCUT2D eigenvalue weighted by molar-refractivity contribution is -0.120. The highest BCUT2D eigenvalue weighted by Crippen LogP contribution is 2.24. The second-order valence-electron chi connectivity index (χ2n) is 8.50. The summed E-state index contributed by atoms with van der Waals surface area (Å²) in [7, 11) is -3.39. The van der Waals surface area contributed by atoms with Gasteiger partial charge in [0.2, 0.25) is 15.9 Å². The van der Waals surface area contributed by atoms with Crippen LogP contribution in [0.3, 0.4) is 0 Å². The predicted molar refractivity (Wildman–Crippen MR) is 130 cm³/mol. The quantitative estimate of drug-likeness (QED) is 0.618. The van der Waals surface area contributed by atoms with Gasteiger partial charge in [-0.2, -0.15) is 0 Å². The second-order valence-corrected chi connectivity index (χ2v) is 10.5. The highest BCUT2D eigenvalue weighted by Gasteiger charge is 2.31. The van der Waals surface area contributed by atoms with Crippen LogP contribution in [0.1, 0.15) is 43.4 Å². The summed E-state index contributed by atoms with van der Waals surface area (Å²) < 4.78 is 27.2. The number of amides is 1. The van der Waals surface area contributed by atoms with Crippen LogP contribution in [-0.4, -0.2) is 49.7 Å². The first-order chi connectivity index (χ1) is 15.3. The van der Waals surface area contributed by atoms with Gasteiger partial charge in [0.05, 0.1) is 5.75 Å². The summed E-state index contributed by atoms with van der Waals surface area (Å²) in [6.07, 6.45) is 1.08. The van der Waals surface area contributed by atoms with E-state index in [9.17, 15) is 13.2 Å². The number of carbonyl (C=O) groups excluding carboxylic acids is 1. The molecule has 2 aromatic rings. The molecule has 0 radical (unpaired) electrons. The lowest BCUT2D eigenvalue weighted by Crippen LogP contribution is -2.41. The molecule has 1 heterocycles. The largest absolute Gasteiger partial charge is 0.326 e. The SMILES string of the molecule is CCN(CC)Cc1ccc(NC(=O)C2CCN(S(=O)(=O)Cc3ccccc3C)CC2)cc1. The van der Waals surface area contributed by atoms with Gasteiger partial charge in [0, 0.05) is 31.2 Å². The molecule has 0 aromatic heterocycles. The van der Waals surface area contributed by atoms with Gasteiger partial charge in [0.1, 0.15) is 0 Å². The first-order valence-corrected chi connectivity index (χ1v) is 13.1. The first-order valence-electron chi connectivity index (χ1n) is 11.5. The molecule has 1 saturated heterocycles. The number of nitrogens with zero attached hydrogens (tertiary/aromatic N) is 2. The van der Waals surface area contributed by atoms with Crippen LogP contribution >= 0.6 is 0 Å². The van der Waals surface area contributed by atoms with E-state index in [2.05, 4.69) is 36.2 Å². The molecule has 2 aromatic carbocycles. The van der Waals surface area contributed by atoms with E-state index < -0.39 is 10.0 Å². The molecule has 174 valence electrons. The van der Waals surface area contributed by atoms with Gasteiger partial charge in [0.25, 0.3) is 0 Å². The van der Waals surface area contributed by atoms with Crippen LogP contribution in [0.5, 0.6) is 0 Å². The zero-order valence-corrected chi connectivity index (χ0v) is 20.2. The Kier molecular flexibility index (Phi) is 8.45. The third-order valence-corrected chi connectivity index (χ3v) is 8.17.